The summed E-state index contributed by atoms with van der Waals surface area (Å²) in [6.07, 6.45) is -4.49. The Morgan fingerprint density at radius 2 is 1.95 bits per heavy atom. The van der Waals surface area contributed by atoms with Crippen LogP contribution in [0, 0.1) is 11.6 Å². The van der Waals surface area contributed by atoms with E-state index in [9.17, 15) is 22.0 Å². The Hall–Kier alpha value is -1.17. The van der Waals surface area contributed by atoms with Gasteiger partial charge in [0.15, 0.2) is 11.6 Å². The van der Waals surface area contributed by atoms with Gasteiger partial charge in [0.1, 0.15) is 0 Å². The Bertz CT molecular complexity index is 443. The van der Waals surface area contributed by atoms with Crippen molar-refractivity contribution >= 4 is 0 Å². The largest absolute Gasteiger partial charge is 0.390 e. The standard InChI is InChI=1S/C13H14F5N/c14-11-3-1-2-10(12(11)15)9-4-6-19(8-9)7-5-13(16,17)18/h1-3,9H,4-8H2/t9-/m1/s1. The number of hydrogen-bond donors (Lipinski definition) is 0. The van der Waals surface area contributed by atoms with Gasteiger partial charge in [0, 0.05) is 19.0 Å². The molecule has 0 saturated carbocycles. The minimum Gasteiger partial charge on any atom is -0.302 e. The first kappa shape index (κ1) is 14.2. The van der Waals surface area contributed by atoms with Crippen LogP contribution in [-0.2, 0) is 0 Å². The lowest BCUT2D eigenvalue weighted by atomic mass is 9.98. The van der Waals surface area contributed by atoms with Crippen molar-refractivity contribution in [2.75, 3.05) is 19.6 Å². The van der Waals surface area contributed by atoms with Gasteiger partial charge in [-0.3, -0.25) is 0 Å². The van der Waals surface area contributed by atoms with Gasteiger partial charge in [-0.25, -0.2) is 8.78 Å². The van der Waals surface area contributed by atoms with Crippen LogP contribution in [0.4, 0.5) is 22.0 Å². The highest BCUT2D eigenvalue weighted by atomic mass is 19.4. The van der Waals surface area contributed by atoms with Gasteiger partial charge in [-0.15, -0.1) is 0 Å². The highest BCUT2D eigenvalue weighted by molar-refractivity contribution is 5.24. The summed E-state index contributed by atoms with van der Waals surface area (Å²) in [5, 5.41) is 0. The van der Waals surface area contributed by atoms with Crippen LogP contribution >= 0.6 is 0 Å². The van der Waals surface area contributed by atoms with E-state index in [1.54, 1.807) is 4.90 Å². The molecule has 0 spiro atoms. The van der Waals surface area contributed by atoms with Gasteiger partial charge in [0.05, 0.1) is 6.42 Å². The van der Waals surface area contributed by atoms with Gasteiger partial charge in [-0.2, -0.15) is 13.2 Å². The van der Waals surface area contributed by atoms with E-state index in [0.29, 0.717) is 19.5 Å². The van der Waals surface area contributed by atoms with Crippen LogP contribution in [0.2, 0.25) is 0 Å². The zero-order valence-electron chi connectivity index (χ0n) is 10.2. The lowest BCUT2D eigenvalue weighted by Crippen LogP contribution is -2.26. The average molecular weight is 279 g/mol. The third-order valence-corrected chi connectivity index (χ3v) is 3.41. The molecule has 1 heterocycles. The predicted molar refractivity (Wildman–Crippen MR) is 60.8 cm³/mol. The molecule has 6 heteroatoms. The van der Waals surface area contributed by atoms with E-state index in [2.05, 4.69) is 0 Å². The maximum Gasteiger partial charge on any atom is 0.390 e. The molecular weight excluding hydrogens is 265 g/mol. The van der Waals surface area contributed by atoms with Crippen molar-refractivity contribution in [3.63, 3.8) is 0 Å². The van der Waals surface area contributed by atoms with E-state index in [4.69, 9.17) is 0 Å². The predicted octanol–water partition coefficient (Wildman–Crippen LogP) is 3.71. The molecule has 1 aliphatic heterocycles. The number of hydrogen-bond acceptors (Lipinski definition) is 1. The second-order valence-electron chi connectivity index (χ2n) is 4.79. The molecule has 1 aromatic rings. The first-order valence-corrected chi connectivity index (χ1v) is 6.10. The first-order chi connectivity index (χ1) is 8.87. The molecule has 0 N–H and O–H groups in total. The van der Waals surface area contributed by atoms with Crippen molar-refractivity contribution < 1.29 is 22.0 Å². The van der Waals surface area contributed by atoms with Gasteiger partial charge in [0.2, 0.25) is 0 Å². The fourth-order valence-electron chi connectivity index (χ4n) is 2.41. The van der Waals surface area contributed by atoms with Gasteiger partial charge in [-0.05, 0) is 24.6 Å². The van der Waals surface area contributed by atoms with Gasteiger partial charge in [-0.1, -0.05) is 12.1 Å². The maximum absolute atomic E-state index is 13.6. The Balaban J connectivity index is 1.97. The molecule has 1 nitrogen and oxygen atoms in total. The number of alkyl halides is 3. The smallest absolute Gasteiger partial charge is 0.302 e. The van der Waals surface area contributed by atoms with Gasteiger partial charge >= 0.3 is 6.18 Å². The van der Waals surface area contributed by atoms with E-state index >= 15 is 0 Å². The quantitative estimate of drug-likeness (QED) is 0.762. The monoisotopic (exact) mass is 279 g/mol. The number of halogens is 5. The fraction of sp³-hybridized carbons (Fsp3) is 0.538. The van der Waals surface area contributed by atoms with Crippen molar-refractivity contribution in [1.29, 1.82) is 0 Å². The van der Waals surface area contributed by atoms with Gasteiger partial charge in [0.25, 0.3) is 0 Å². The molecule has 1 fully saturated rings. The normalized spacial score (nSPS) is 21.0. The van der Waals surface area contributed by atoms with Crippen LogP contribution in [0.5, 0.6) is 0 Å². The molecule has 0 aliphatic carbocycles. The first-order valence-electron chi connectivity index (χ1n) is 6.10. The molecule has 1 atom stereocenters. The van der Waals surface area contributed by atoms with Crippen molar-refractivity contribution in [2.45, 2.75) is 24.9 Å². The summed E-state index contributed by atoms with van der Waals surface area (Å²) >= 11 is 0. The summed E-state index contributed by atoms with van der Waals surface area (Å²) in [6, 6.07) is 3.96. The Morgan fingerprint density at radius 3 is 2.63 bits per heavy atom. The third kappa shape index (κ3) is 3.65. The van der Waals surface area contributed by atoms with Gasteiger partial charge < -0.3 is 4.90 Å². The average Bonchev–Trinajstić information content (AvgIpc) is 2.78. The minimum atomic E-state index is -4.18. The second kappa shape index (κ2) is 5.45. The molecule has 0 aromatic heterocycles. The molecule has 1 saturated heterocycles. The van der Waals surface area contributed by atoms with Crippen molar-refractivity contribution in [2.24, 2.45) is 0 Å². The molecule has 19 heavy (non-hydrogen) atoms. The van der Waals surface area contributed by atoms with E-state index in [1.807, 2.05) is 0 Å². The summed E-state index contributed by atoms with van der Waals surface area (Å²) in [6.45, 7) is 0.740. The summed E-state index contributed by atoms with van der Waals surface area (Å²) in [4.78, 5) is 1.64. The lowest BCUT2D eigenvalue weighted by molar-refractivity contribution is -0.137. The van der Waals surface area contributed by atoms with Crippen molar-refractivity contribution in [1.82, 2.24) is 4.90 Å². The van der Waals surface area contributed by atoms with E-state index in [-0.39, 0.29) is 18.0 Å². The van der Waals surface area contributed by atoms with Crippen LogP contribution in [0.1, 0.15) is 24.3 Å². The summed E-state index contributed by atoms with van der Waals surface area (Å²) < 4.78 is 63.0. The van der Waals surface area contributed by atoms with Crippen molar-refractivity contribution in [3.05, 3.63) is 35.4 Å². The SMILES string of the molecule is Fc1cccc([C@@H]2CCN(CCC(F)(F)F)C2)c1F. The zero-order chi connectivity index (χ0) is 14.0. The van der Waals surface area contributed by atoms with Crippen molar-refractivity contribution in [3.8, 4) is 0 Å². The molecule has 1 aliphatic rings. The highest BCUT2D eigenvalue weighted by Crippen LogP contribution is 2.31. The Morgan fingerprint density at radius 1 is 1.21 bits per heavy atom. The van der Waals surface area contributed by atoms with Crippen LogP contribution < -0.4 is 0 Å². The second-order valence-corrected chi connectivity index (χ2v) is 4.79. The number of likely N-dealkylation sites (tertiary alicyclic amines) is 1. The molecular formula is C13H14F5N. The minimum absolute atomic E-state index is 0.0864. The van der Waals surface area contributed by atoms with E-state index in [1.165, 1.54) is 12.1 Å². The Kier molecular flexibility index (Phi) is 4.08. The zero-order valence-corrected chi connectivity index (χ0v) is 10.2. The van der Waals surface area contributed by atoms with E-state index in [0.717, 1.165) is 6.07 Å². The Labute approximate surface area is 108 Å². The molecule has 0 radical (unpaired) electrons. The molecule has 1 aromatic carbocycles. The third-order valence-electron chi connectivity index (χ3n) is 3.41. The molecule has 106 valence electrons. The van der Waals surface area contributed by atoms with Crippen LogP contribution in [0.3, 0.4) is 0 Å². The fourth-order valence-corrected chi connectivity index (χ4v) is 2.41. The molecule has 0 amide bonds. The van der Waals surface area contributed by atoms with Crippen LogP contribution in [0.15, 0.2) is 18.2 Å². The number of rotatable bonds is 3. The summed E-state index contributed by atoms with van der Waals surface area (Å²) in [7, 11) is 0. The summed E-state index contributed by atoms with van der Waals surface area (Å²) in [5.74, 6) is -2.03. The molecule has 0 unspecified atom stereocenters. The maximum atomic E-state index is 13.6. The highest BCUT2D eigenvalue weighted by Gasteiger charge is 2.31. The number of nitrogens with zero attached hydrogens (tertiary/aromatic N) is 1. The van der Waals surface area contributed by atoms with Crippen LogP contribution in [0.25, 0.3) is 0 Å². The number of benzene rings is 1. The van der Waals surface area contributed by atoms with Crippen LogP contribution in [-0.4, -0.2) is 30.7 Å². The molecule has 2 rings (SSSR count). The molecule has 0 bridgehead atoms. The van der Waals surface area contributed by atoms with E-state index < -0.39 is 24.2 Å². The summed E-state index contributed by atoms with van der Waals surface area (Å²) in [5.41, 5.74) is 0.259. The topological polar surface area (TPSA) is 3.24 Å². The lowest BCUT2D eigenvalue weighted by Gasteiger charge is -2.17.